The zero-order chi connectivity index (χ0) is 18.4. The third-order valence-corrected chi connectivity index (χ3v) is 4.63. The normalized spacial score (nSPS) is 17.6. The lowest BCUT2D eigenvalue weighted by Crippen LogP contribution is -2.40. The van der Waals surface area contributed by atoms with Crippen molar-refractivity contribution >= 4 is 5.96 Å². The highest BCUT2D eigenvalue weighted by atomic mass is 16.5. The summed E-state index contributed by atoms with van der Waals surface area (Å²) in [7, 11) is 1.97. The van der Waals surface area contributed by atoms with Crippen LogP contribution >= 0.6 is 0 Å². The number of ether oxygens (including phenoxy) is 1. The van der Waals surface area contributed by atoms with Crippen LogP contribution < -0.4 is 10.1 Å². The molecule has 1 aliphatic rings. The van der Waals surface area contributed by atoms with Crippen LogP contribution in [0.3, 0.4) is 0 Å². The van der Waals surface area contributed by atoms with E-state index < -0.39 is 0 Å². The first-order valence-electron chi connectivity index (χ1n) is 9.37. The van der Waals surface area contributed by atoms with E-state index in [0.29, 0.717) is 19.1 Å². The smallest absolute Gasteiger partial charge is 0.194 e. The molecule has 0 bridgehead atoms. The zero-order valence-electron chi connectivity index (χ0n) is 16.0. The van der Waals surface area contributed by atoms with Gasteiger partial charge < -0.3 is 15.0 Å². The zero-order valence-corrected chi connectivity index (χ0v) is 16.0. The SMILES string of the molecule is CCNC(=NCCOc1cccc(C)c1)N1CCC(c2cnn(C)c2)C1. The van der Waals surface area contributed by atoms with Crippen molar-refractivity contribution in [1.29, 1.82) is 0 Å². The van der Waals surface area contributed by atoms with Crippen LogP contribution in [-0.4, -0.2) is 53.4 Å². The number of likely N-dealkylation sites (tertiary alicyclic amines) is 1. The molecule has 0 spiro atoms. The van der Waals surface area contributed by atoms with Crippen molar-refractivity contribution in [2.75, 3.05) is 32.8 Å². The first-order chi connectivity index (χ1) is 12.7. The van der Waals surface area contributed by atoms with Crippen molar-refractivity contribution in [3.05, 3.63) is 47.8 Å². The Labute approximate surface area is 155 Å². The molecule has 1 fully saturated rings. The van der Waals surface area contributed by atoms with E-state index in [-0.39, 0.29) is 0 Å². The third kappa shape index (κ3) is 4.77. The predicted octanol–water partition coefficient (Wildman–Crippen LogP) is 2.56. The van der Waals surface area contributed by atoms with E-state index >= 15 is 0 Å². The van der Waals surface area contributed by atoms with Crippen molar-refractivity contribution in [2.24, 2.45) is 12.0 Å². The van der Waals surface area contributed by atoms with E-state index in [1.165, 1.54) is 11.1 Å². The molecule has 6 nitrogen and oxygen atoms in total. The molecule has 1 aromatic heterocycles. The highest BCUT2D eigenvalue weighted by Gasteiger charge is 2.26. The van der Waals surface area contributed by atoms with E-state index in [0.717, 1.165) is 37.8 Å². The summed E-state index contributed by atoms with van der Waals surface area (Å²) in [5.41, 5.74) is 2.52. The fourth-order valence-corrected chi connectivity index (χ4v) is 3.32. The number of guanidine groups is 1. The van der Waals surface area contributed by atoms with E-state index in [1.807, 2.05) is 36.1 Å². The fourth-order valence-electron chi connectivity index (χ4n) is 3.32. The number of hydrogen-bond donors (Lipinski definition) is 1. The summed E-state index contributed by atoms with van der Waals surface area (Å²) >= 11 is 0. The van der Waals surface area contributed by atoms with Crippen molar-refractivity contribution < 1.29 is 4.74 Å². The minimum atomic E-state index is 0.524. The number of nitrogens with zero attached hydrogens (tertiary/aromatic N) is 4. The van der Waals surface area contributed by atoms with Gasteiger partial charge in [-0.1, -0.05) is 12.1 Å². The highest BCUT2D eigenvalue weighted by Crippen LogP contribution is 2.26. The number of hydrogen-bond acceptors (Lipinski definition) is 3. The quantitative estimate of drug-likeness (QED) is 0.492. The summed E-state index contributed by atoms with van der Waals surface area (Å²) < 4.78 is 7.68. The van der Waals surface area contributed by atoms with E-state index in [2.05, 4.69) is 41.4 Å². The molecule has 3 rings (SSSR count). The maximum atomic E-state index is 5.81. The van der Waals surface area contributed by atoms with Crippen LogP contribution in [-0.2, 0) is 7.05 Å². The predicted molar refractivity (Wildman–Crippen MR) is 105 cm³/mol. The lowest BCUT2D eigenvalue weighted by atomic mass is 10.0. The lowest BCUT2D eigenvalue weighted by Gasteiger charge is -2.21. The van der Waals surface area contributed by atoms with Crippen LogP contribution in [0, 0.1) is 6.92 Å². The van der Waals surface area contributed by atoms with Gasteiger partial charge in [-0.05, 0) is 43.5 Å². The Balaban J connectivity index is 1.54. The summed E-state index contributed by atoms with van der Waals surface area (Å²) in [6, 6.07) is 8.12. The second-order valence-electron chi connectivity index (χ2n) is 6.78. The Morgan fingerprint density at radius 2 is 2.31 bits per heavy atom. The first-order valence-corrected chi connectivity index (χ1v) is 9.37. The Morgan fingerprint density at radius 3 is 3.04 bits per heavy atom. The van der Waals surface area contributed by atoms with Gasteiger partial charge in [-0.2, -0.15) is 5.10 Å². The van der Waals surface area contributed by atoms with Gasteiger partial charge in [-0.3, -0.25) is 4.68 Å². The van der Waals surface area contributed by atoms with Crippen LogP contribution in [0.1, 0.15) is 30.4 Å². The molecule has 1 saturated heterocycles. The van der Waals surface area contributed by atoms with E-state index in [1.54, 1.807) is 0 Å². The molecule has 0 radical (unpaired) electrons. The largest absolute Gasteiger partial charge is 0.492 e. The second-order valence-corrected chi connectivity index (χ2v) is 6.78. The fraction of sp³-hybridized carbons (Fsp3) is 0.500. The molecule has 2 heterocycles. The summed E-state index contributed by atoms with van der Waals surface area (Å²) in [5.74, 6) is 2.41. The number of aliphatic imine (C=N–C) groups is 1. The Bertz CT molecular complexity index is 739. The second kappa shape index (κ2) is 8.74. The van der Waals surface area contributed by atoms with Gasteiger partial charge in [0, 0.05) is 38.8 Å². The number of aryl methyl sites for hydroxylation is 2. The highest BCUT2D eigenvalue weighted by molar-refractivity contribution is 5.80. The van der Waals surface area contributed by atoms with Crippen molar-refractivity contribution in [1.82, 2.24) is 20.0 Å². The minimum absolute atomic E-state index is 0.524. The van der Waals surface area contributed by atoms with Crippen LogP contribution in [0.15, 0.2) is 41.7 Å². The van der Waals surface area contributed by atoms with Crippen molar-refractivity contribution in [2.45, 2.75) is 26.2 Å². The summed E-state index contributed by atoms with van der Waals surface area (Å²) in [5, 5.41) is 7.71. The maximum absolute atomic E-state index is 5.81. The summed E-state index contributed by atoms with van der Waals surface area (Å²) in [6.07, 6.45) is 5.23. The van der Waals surface area contributed by atoms with Crippen LogP contribution in [0.2, 0.25) is 0 Å². The van der Waals surface area contributed by atoms with Gasteiger partial charge in [0.05, 0.1) is 12.7 Å². The van der Waals surface area contributed by atoms with Crippen molar-refractivity contribution in [3.63, 3.8) is 0 Å². The number of rotatable bonds is 6. The molecule has 140 valence electrons. The average Bonchev–Trinajstić information content (AvgIpc) is 3.27. The molecule has 6 heteroatoms. The summed E-state index contributed by atoms with van der Waals surface area (Å²) in [4.78, 5) is 7.09. The van der Waals surface area contributed by atoms with Crippen LogP contribution in [0.25, 0.3) is 0 Å². The molecule has 26 heavy (non-hydrogen) atoms. The molecule has 2 aromatic rings. The first kappa shape index (κ1) is 18.3. The van der Waals surface area contributed by atoms with Gasteiger partial charge in [0.25, 0.3) is 0 Å². The Kier molecular flexibility index (Phi) is 6.15. The summed E-state index contributed by atoms with van der Waals surface area (Å²) in [6.45, 7) is 8.27. The average molecular weight is 355 g/mol. The number of nitrogens with one attached hydrogen (secondary N) is 1. The van der Waals surface area contributed by atoms with E-state index in [4.69, 9.17) is 9.73 Å². The molecular weight excluding hydrogens is 326 g/mol. The lowest BCUT2D eigenvalue weighted by molar-refractivity contribution is 0.327. The Hall–Kier alpha value is -2.50. The van der Waals surface area contributed by atoms with Crippen LogP contribution in [0.4, 0.5) is 0 Å². The standard InChI is InChI=1S/C20H29N5O/c1-4-21-20(22-9-11-26-19-7-5-6-16(2)12-19)25-10-8-17(15-25)18-13-23-24(3)14-18/h5-7,12-14,17H,4,8-11,15H2,1-3H3,(H,21,22). The van der Waals surface area contributed by atoms with Gasteiger partial charge in [-0.15, -0.1) is 0 Å². The Morgan fingerprint density at radius 1 is 1.42 bits per heavy atom. The van der Waals surface area contributed by atoms with Gasteiger partial charge in [0.1, 0.15) is 12.4 Å². The van der Waals surface area contributed by atoms with Gasteiger partial charge >= 0.3 is 0 Å². The molecule has 1 unspecified atom stereocenters. The van der Waals surface area contributed by atoms with Crippen LogP contribution in [0.5, 0.6) is 5.75 Å². The molecule has 0 amide bonds. The van der Waals surface area contributed by atoms with Crippen molar-refractivity contribution in [3.8, 4) is 5.75 Å². The van der Waals surface area contributed by atoms with Gasteiger partial charge in [-0.25, -0.2) is 4.99 Å². The minimum Gasteiger partial charge on any atom is -0.492 e. The molecule has 1 aliphatic heterocycles. The number of aromatic nitrogens is 2. The van der Waals surface area contributed by atoms with Gasteiger partial charge in [0.15, 0.2) is 5.96 Å². The molecule has 1 N–H and O–H groups in total. The molecule has 0 aliphatic carbocycles. The molecule has 0 saturated carbocycles. The molecule has 1 aromatic carbocycles. The molecule has 1 atom stereocenters. The topological polar surface area (TPSA) is 54.7 Å². The van der Waals surface area contributed by atoms with E-state index in [9.17, 15) is 0 Å². The third-order valence-electron chi connectivity index (χ3n) is 4.63. The molecular formula is C20H29N5O. The van der Waals surface area contributed by atoms with Gasteiger partial charge in [0.2, 0.25) is 0 Å². The monoisotopic (exact) mass is 355 g/mol. The number of benzene rings is 1. The maximum Gasteiger partial charge on any atom is 0.194 e.